The van der Waals surface area contributed by atoms with E-state index in [-0.39, 0.29) is 10.6 Å². The third kappa shape index (κ3) is 6.33. The minimum atomic E-state index is -4.05. The van der Waals surface area contributed by atoms with Gasteiger partial charge in [-0.1, -0.05) is 48.5 Å². The molecule has 9 heteroatoms. The van der Waals surface area contributed by atoms with Crippen LogP contribution in [-0.4, -0.2) is 41.7 Å². The molecule has 3 aromatic carbocycles. The van der Waals surface area contributed by atoms with Gasteiger partial charge in [0.15, 0.2) is 15.4 Å². The molecule has 0 spiro atoms. The quantitative estimate of drug-likeness (QED) is 0.305. The lowest BCUT2D eigenvalue weighted by molar-refractivity contribution is -0.144. The largest absolute Gasteiger partial charge is 0.457 e. The van der Waals surface area contributed by atoms with Crippen LogP contribution in [0.4, 0.5) is 0 Å². The normalized spacial score (nSPS) is 13.2. The first-order valence-electron chi connectivity index (χ1n) is 9.67. The van der Waals surface area contributed by atoms with Gasteiger partial charge in [-0.05, 0) is 42.0 Å². The third-order valence-electron chi connectivity index (χ3n) is 4.57. The Labute approximate surface area is 190 Å². The molecule has 0 heterocycles. The van der Waals surface area contributed by atoms with E-state index in [1.54, 1.807) is 12.1 Å². The van der Waals surface area contributed by atoms with Gasteiger partial charge in [0.05, 0.1) is 10.6 Å². The van der Waals surface area contributed by atoms with Crippen molar-refractivity contribution in [3.8, 4) is 11.5 Å². The van der Waals surface area contributed by atoms with Gasteiger partial charge in [0.1, 0.15) is 11.5 Å². The number of benzene rings is 3. The maximum Gasteiger partial charge on any atom is 0.277 e. The number of ether oxygens (including phenoxy) is 1. The molecule has 0 aliphatic carbocycles. The minimum Gasteiger partial charge on any atom is -0.457 e. The second kappa shape index (κ2) is 10.6. The Kier molecular flexibility index (Phi) is 7.92. The molecule has 0 aromatic heterocycles. The molecule has 32 heavy (non-hydrogen) atoms. The van der Waals surface area contributed by atoms with Gasteiger partial charge in [-0.3, -0.25) is 10.0 Å². The number of sulfone groups is 1. The summed E-state index contributed by atoms with van der Waals surface area (Å²) in [6, 6.07) is 24.1. The summed E-state index contributed by atoms with van der Waals surface area (Å²) in [6.45, 7) is 0. The Morgan fingerprint density at radius 2 is 1.47 bits per heavy atom. The van der Waals surface area contributed by atoms with Crippen LogP contribution in [0.2, 0.25) is 0 Å². The number of hydrogen-bond acceptors (Lipinski definition) is 7. The van der Waals surface area contributed by atoms with Crippen molar-refractivity contribution in [1.29, 1.82) is 0 Å². The molecular formula is C23H23NO6S2. The maximum atomic E-state index is 12.9. The lowest BCUT2D eigenvalue weighted by Crippen LogP contribution is -2.52. The van der Waals surface area contributed by atoms with Crippen LogP contribution in [0.15, 0.2) is 89.8 Å². The Hall–Kier alpha value is -2.85. The Balaban J connectivity index is 1.70. The number of amides is 1. The Morgan fingerprint density at radius 1 is 0.906 bits per heavy atom. The van der Waals surface area contributed by atoms with E-state index in [1.807, 2.05) is 48.5 Å². The fourth-order valence-electron chi connectivity index (χ4n) is 2.93. The SMILES string of the molecule is O=C(NO)C(O)(CSCc1ccccc1)CS(=O)(=O)c1ccc(Oc2ccccc2)cc1. The molecule has 0 fully saturated rings. The number of aliphatic hydroxyl groups is 1. The summed E-state index contributed by atoms with van der Waals surface area (Å²) in [4.78, 5) is 12.1. The van der Waals surface area contributed by atoms with E-state index in [1.165, 1.54) is 41.5 Å². The smallest absolute Gasteiger partial charge is 0.277 e. The summed E-state index contributed by atoms with van der Waals surface area (Å²) < 4.78 is 31.5. The number of hydroxylamine groups is 1. The van der Waals surface area contributed by atoms with Crippen molar-refractivity contribution in [3.63, 3.8) is 0 Å². The van der Waals surface area contributed by atoms with Crippen molar-refractivity contribution >= 4 is 27.5 Å². The molecule has 0 aliphatic rings. The maximum absolute atomic E-state index is 12.9. The zero-order chi connectivity index (χ0) is 23.0. The van der Waals surface area contributed by atoms with E-state index in [4.69, 9.17) is 9.94 Å². The number of para-hydroxylation sites is 1. The third-order valence-corrected chi connectivity index (χ3v) is 7.63. The molecule has 168 valence electrons. The molecule has 3 aromatic rings. The van der Waals surface area contributed by atoms with Crippen LogP contribution in [-0.2, 0) is 20.4 Å². The first kappa shape index (κ1) is 23.8. The summed E-state index contributed by atoms with van der Waals surface area (Å²) in [5.74, 6) is -0.765. The van der Waals surface area contributed by atoms with Gasteiger partial charge < -0.3 is 9.84 Å². The molecule has 1 unspecified atom stereocenters. The molecular weight excluding hydrogens is 450 g/mol. The molecule has 1 atom stereocenters. The molecule has 1 amide bonds. The molecule has 0 radical (unpaired) electrons. The van der Waals surface area contributed by atoms with Crippen molar-refractivity contribution in [2.45, 2.75) is 16.2 Å². The highest BCUT2D eigenvalue weighted by Gasteiger charge is 2.41. The van der Waals surface area contributed by atoms with Gasteiger partial charge in [0.25, 0.3) is 5.91 Å². The first-order valence-corrected chi connectivity index (χ1v) is 12.5. The predicted molar refractivity (Wildman–Crippen MR) is 122 cm³/mol. The highest BCUT2D eigenvalue weighted by Crippen LogP contribution is 2.26. The van der Waals surface area contributed by atoms with Crippen LogP contribution in [0.25, 0.3) is 0 Å². The second-order valence-electron chi connectivity index (χ2n) is 7.10. The highest BCUT2D eigenvalue weighted by atomic mass is 32.2. The van der Waals surface area contributed by atoms with Crippen LogP contribution >= 0.6 is 11.8 Å². The molecule has 3 N–H and O–H groups in total. The van der Waals surface area contributed by atoms with E-state index in [2.05, 4.69) is 0 Å². The van der Waals surface area contributed by atoms with Crippen LogP contribution in [0.3, 0.4) is 0 Å². The van der Waals surface area contributed by atoms with Crippen molar-refractivity contribution in [1.82, 2.24) is 5.48 Å². The average Bonchev–Trinajstić information content (AvgIpc) is 2.80. The van der Waals surface area contributed by atoms with Gasteiger partial charge in [0.2, 0.25) is 0 Å². The lowest BCUT2D eigenvalue weighted by Gasteiger charge is -2.25. The number of carbonyl (C=O) groups is 1. The molecule has 0 saturated carbocycles. The number of thioether (sulfide) groups is 1. The Morgan fingerprint density at radius 3 is 2.06 bits per heavy atom. The van der Waals surface area contributed by atoms with E-state index in [0.29, 0.717) is 17.3 Å². The van der Waals surface area contributed by atoms with Crippen molar-refractivity contribution in [2.75, 3.05) is 11.5 Å². The topological polar surface area (TPSA) is 113 Å². The van der Waals surface area contributed by atoms with Crippen LogP contribution in [0, 0.1) is 0 Å². The summed E-state index contributed by atoms with van der Waals surface area (Å²) in [5.41, 5.74) is 0.0241. The highest BCUT2D eigenvalue weighted by molar-refractivity contribution is 7.98. The number of carbonyl (C=O) groups excluding carboxylic acids is 1. The molecule has 3 rings (SSSR count). The zero-order valence-corrected chi connectivity index (χ0v) is 18.7. The predicted octanol–water partition coefficient (Wildman–Crippen LogP) is 3.42. The molecule has 0 saturated heterocycles. The van der Waals surface area contributed by atoms with Gasteiger partial charge in [-0.2, -0.15) is 11.8 Å². The van der Waals surface area contributed by atoms with Crippen molar-refractivity contribution in [2.24, 2.45) is 0 Å². The first-order chi connectivity index (χ1) is 15.3. The van der Waals surface area contributed by atoms with Gasteiger partial charge in [0, 0.05) is 11.5 Å². The number of nitrogens with one attached hydrogen (secondary N) is 1. The molecule has 7 nitrogen and oxygen atoms in total. The van der Waals surface area contributed by atoms with E-state index < -0.39 is 27.1 Å². The fraction of sp³-hybridized carbons (Fsp3) is 0.174. The van der Waals surface area contributed by atoms with Crippen molar-refractivity contribution < 1.29 is 28.3 Å². The minimum absolute atomic E-state index is 0.0739. The van der Waals surface area contributed by atoms with Gasteiger partial charge in [-0.15, -0.1) is 0 Å². The average molecular weight is 474 g/mol. The van der Waals surface area contributed by atoms with Crippen LogP contribution < -0.4 is 10.2 Å². The second-order valence-corrected chi connectivity index (χ2v) is 10.1. The van der Waals surface area contributed by atoms with Crippen LogP contribution in [0.5, 0.6) is 11.5 Å². The summed E-state index contributed by atoms with van der Waals surface area (Å²) in [7, 11) is -4.05. The number of rotatable bonds is 10. The summed E-state index contributed by atoms with van der Waals surface area (Å²) in [5, 5.41) is 19.9. The van der Waals surface area contributed by atoms with E-state index >= 15 is 0 Å². The van der Waals surface area contributed by atoms with Gasteiger partial charge >= 0.3 is 0 Å². The standard InChI is InChI=1S/C23H23NO6S2/c25-22(24-27)23(26,16-31-15-18-7-3-1-4-8-18)17-32(28,29)21-13-11-20(12-14-21)30-19-9-5-2-6-10-19/h1-14,26-27H,15-17H2,(H,24,25). The fourth-order valence-corrected chi connectivity index (χ4v) is 5.74. The lowest BCUT2D eigenvalue weighted by atomic mass is 10.1. The molecule has 0 bridgehead atoms. The van der Waals surface area contributed by atoms with E-state index in [0.717, 1.165) is 5.56 Å². The molecule has 0 aliphatic heterocycles. The van der Waals surface area contributed by atoms with Gasteiger partial charge in [-0.25, -0.2) is 13.9 Å². The summed E-state index contributed by atoms with van der Waals surface area (Å²) >= 11 is 1.19. The monoisotopic (exact) mass is 473 g/mol. The number of hydrogen-bond donors (Lipinski definition) is 3. The summed E-state index contributed by atoms with van der Waals surface area (Å²) in [6.07, 6.45) is 0. The Bertz CT molecular complexity index is 1120. The zero-order valence-electron chi connectivity index (χ0n) is 17.0. The van der Waals surface area contributed by atoms with Crippen molar-refractivity contribution in [3.05, 3.63) is 90.5 Å². The van der Waals surface area contributed by atoms with E-state index in [9.17, 15) is 18.3 Å². The van der Waals surface area contributed by atoms with Crippen LogP contribution in [0.1, 0.15) is 5.56 Å².